The minimum atomic E-state index is 0.0912. The van der Waals surface area contributed by atoms with Gasteiger partial charge in [-0.25, -0.2) is 0 Å². The van der Waals surface area contributed by atoms with Gasteiger partial charge in [0.05, 0.1) is 11.4 Å². The van der Waals surface area contributed by atoms with Gasteiger partial charge < -0.3 is 10.6 Å². The Balaban J connectivity index is 1.98. The molecule has 0 spiro atoms. The molecule has 2 aliphatic heterocycles. The van der Waals surface area contributed by atoms with Gasteiger partial charge in [0.25, 0.3) is 0 Å². The molecule has 1 amide bonds. The molecule has 0 radical (unpaired) electrons. The third kappa shape index (κ3) is 2.35. The van der Waals surface area contributed by atoms with E-state index in [4.69, 9.17) is 18.0 Å². The van der Waals surface area contributed by atoms with Gasteiger partial charge in [0.1, 0.15) is 0 Å². The first kappa shape index (κ1) is 11.8. The summed E-state index contributed by atoms with van der Waals surface area (Å²) in [6, 6.07) is 1.19. The molecule has 4 nitrogen and oxygen atoms in total. The molecule has 2 aliphatic rings. The number of carbonyl (C=O) groups is 1. The van der Waals surface area contributed by atoms with Gasteiger partial charge in [0.15, 0.2) is 0 Å². The first-order valence-corrected chi connectivity index (χ1v) is 6.26. The fraction of sp³-hybridized carbons (Fsp3) is 0.818. The standard InChI is InChI=1S/C11H19N3OS/c1-13-8-2-3-9(13)7-14(5-4-8)11(15)6-10(12)16/h8-9H,2-7H2,1H3,(H2,12,16). The Morgan fingerprint density at radius 2 is 2.06 bits per heavy atom. The molecular weight excluding hydrogens is 222 g/mol. The molecule has 2 heterocycles. The molecule has 90 valence electrons. The average Bonchev–Trinajstić information content (AvgIpc) is 2.39. The quantitative estimate of drug-likeness (QED) is 0.709. The Kier molecular flexibility index (Phi) is 3.44. The van der Waals surface area contributed by atoms with Crippen molar-refractivity contribution in [3.05, 3.63) is 0 Å². The average molecular weight is 241 g/mol. The molecule has 5 heteroatoms. The fourth-order valence-corrected chi connectivity index (χ4v) is 2.92. The first-order valence-electron chi connectivity index (χ1n) is 5.86. The smallest absolute Gasteiger partial charge is 0.229 e. The maximum Gasteiger partial charge on any atom is 0.229 e. The zero-order valence-electron chi connectivity index (χ0n) is 9.69. The number of thiocarbonyl (C=S) groups is 1. The molecule has 2 atom stereocenters. The predicted octanol–water partition coefficient (Wildman–Crippen LogP) is 0.358. The lowest BCUT2D eigenvalue weighted by Gasteiger charge is -2.25. The van der Waals surface area contributed by atoms with E-state index in [0.717, 1.165) is 19.5 Å². The first-order chi connectivity index (χ1) is 7.58. The molecule has 0 aromatic heterocycles. The molecule has 0 aromatic carbocycles. The lowest BCUT2D eigenvalue weighted by atomic mass is 10.1. The van der Waals surface area contributed by atoms with Gasteiger partial charge in [-0.2, -0.15) is 0 Å². The highest BCUT2D eigenvalue weighted by molar-refractivity contribution is 7.80. The van der Waals surface area contributed by atoms with Crippen LogP contribution in [-0.4, -0.2) is 52.9 Å². The van der Waals surface area contributed by atoms with Crippen molar-refractivity contribution >= 4 is 23.1 Å². The highest BCUT2D eigenvalue weighted by Gasteiger charge is 2.35. The van der Waals surface area contributed by atoms with Crippen LogP contribution in [0.3, 0.4) is 0 Å². The van der Waals surface area contributed by atoms with Gasteiger partial charge in [-0.05, 0) is 26.3 Å². The van der Waals surface area contributed by atoms with E-state index in [-0.39, 0.29) is 12.3 Å². The van der Waals surface area contributed by atoms with Gasteiger partial charge in [-0.1, -0.05) is 12.2 Å². The molecule has 0 saturated carbocycles. The maximum absolute atomic E-state index is 11.9. The zero-order valence-corrected chi connectivity index (χ0v) is 10.5. The number of carbonyl (C=O) groups excluding carboxylic acids is 1. The van der Waals surface area contributed by atoms with E-state index in [1.54, 1.807) is 0 Å². The van der Waals surface area contributed by atoms with Crippen LogP contribution in [0.2, 0.25) is 0 Å². The fourth-order valence-electron chi connectivity index (χ4n) is 2.80. The van der Waals surface area contributed by atoms with Crippen LogP contribution < -0.4 is 5.73 Å². The summed E-state index contributed by atoms with van der Waals surface area (Å²) in [5.74, 6) is 0.0912. The van der Waals surface area contributed by atoms with E-state index in [1.165, 1.54) is 12.8 Å². The van der Waals surface area contributed by atoms with E-state index < -0.39 is 0 Å². The van der Waals surface area contributed by atoms with Crippen molar-refractivity contribution in [3.63, 3.8) is 0 Å². The molecule has 2 rings (SSSR count). The van der Waals surface area contributed by atoms with Crippen LogP contribution in [-0.2, 0) is 4.79 Å². The summed E-state index contributed by atoms with van der Waals surface area (Å²) in [4.78, 5) is 16.5. The number of nitrogens with two attached hydrogens (primary N) is 1. The topological polar surface area (TPSA) is 49.6 Å². The van der Waals surface area contributed by atoms with Gasteiger partial charge in [-0.15, -0.1) is 0 Å². The molecule has 2 N–H and O–H groups in total. The lowest BCUT2D eigenvalue weighted by Crippen LogP contribution is -2.40. The minimum absolute atomic E-state index is 0.0912. The summed E-state index contributed by atoms with van der Waals surface area (Å²) >= 11 is 4.78. The summed E-state index contributed by atoms with van der Waals surface area (Å²) < 4.78 is 0. The Hall–Kier alpha value is -0.680. The highest BCUT2D eigenvalue weighted by atomic mass is 32.1. The van der Waals surface area contributed by atoms with Crippen molar-refractivity contribution in [3.8, 4) is 0 Å². The molecule has 2 bridgehead atoms. The second-order valence-electron chi connectivity index (χ2n) is 4.82. The lowest BCUT2D eigenvalue weighted by molar-refractivity contribution is -0.130. The van der Waals surface area contributed by atoms with Crippen LogP contribution in [0, 0.1) is 0 Å². The van der Waals surface area contributed by atoms with Gasteiger partial charge in [0.2, 0.25) is 5.91 Å². The van der Waals surface area contributed by atoms with Crippen molar-refractivity contribution < 1.29 is 4.79 Å². The van der Waals surface area contributed by atoms with Gasteiger partial charge >= 0.3 is 0 Å². The summed E-state index contributed by atoms with van der Waals surface area (Å²) in [6.45, 7) is 1.70. The van der Waals surface area contributed by atoms with E-state index in [1.807, 2.05) is 4.90 Å². The number of fused-ring (bicyclic) bond motifs is 2. The number of hydrogen-bond donors (Lipinski definition) is 1. The molecular formula is C11H19N3OS. The highest BCUT2D eigenvalue weighted by Crippen LogP contribution is 2.28. The van der Waals surface area contributed by atoms with E-state index >= 15 is 0 Å². The number of amides is 1. The number of hydrogen-bond acceptors (Lipinski definition) is 3. The normalized spacial score (nSPS) is 30.2. The minimum Gasteiger partial charge on any atom is -0.393 e. The Morgan fingerprint density at radius 3 is 2.75 bits per heavy atom. The number of likely N-dealkylation sites (N-methyl/N-ethyl adjacent to an activating group) is 1. The number of rotatable bonds is 2. The SMILES string of the molecule is CN1C2CCC1CN(C(=O)CC(N)=S)CC2. The summed E-state index contributed by atoms with van der Waals surface area (Å²) in [7, 11) is 2.17. The van der Waals surface area contributed by atoms with E-state index in [2.05, 4.69) is 11.9 Å². The van der Waals surface area contributed by atoms with Crippen LogP contribution in [0.15, 0.2) is 0 Å². The Bertz CT molecular complexity index is 308. The third-order valence-corrected chi connectivity index (χ3v) is 3.97. The monoisotopic (exact) mass is 241 g/mol. The third-order valence-electron chi connectivity index (χ3n) is 3.83. The molecule has 0 aliphatic carbocycles. The molecule has 0 aromatic rings. The van der Waals surface area contributed by atoms with Crippen LogP contribution in [0.1, 0.15) is 25.7 Å². The second kappa shape index (κ2) is 4.67. The summed E-state index contributed by atoms with van der Waals surface area (Å²) in [5, 5.41) is 0. The van der Waals surface area contributed by atoms with Crippen LogP contribution in [0.25, 0.3) is 0 Å². The van der Waals surface area contributed by atoms with Crippen molar-refractivity contribution in [2.24, 2.45) is 5.73 Å². The van der Waals surface area contributed by atoms with Crippen molar-refractivity contribution in [2.45, 2.75) is 37.8 Å². The van der Waals surface area contributed by atoms with Crippen LogP contribution >= 0.6 is 12.2 Å². The Morgan fingerprint density at radius 1 is 1.38 bits per heavy atom. The number of nitrogens with zero attached hydrogens (tertiary/aromatic N) is 2. The number of likely N-dealkylation sites (tertiary alicyclic amines) is 1. The van der Waals surface area contributed by atoms with E-state index in [0.29, 0.717) is 17.1 Å². The Labute approximate surface area is 102 Å². The van der Waals surface area contributed by atoms with Crippen LogP contribution in [0.5, 0.6) is 0 Å². The van der Waals surface area contributed by atoms with Gasteiger partial charge in [-0.3, -0.25) is 9.69 Å². The maximum atomic E-state index is 11.9. The van der Waals surface area contributed by atoms with Crippen molar-refractivity contribution in [1.29, 1.82) is 0 Å². The predicted molar refractivity (Wildman–Crippen MR) is 67.2 cm³/mol. The molecule has 2 saturated heterocycles. The molecule has 2 unspecified atom stereocenters. The van der Waals surface area contributed by atoms with Gasteiger partial charge in [0, 0.05) is 25.2 Å². The summed E-state index contributed by atoms with van der Waals surface area (Å²) in [5.41, 5.74) is 5.42. The summed E-state index contributed by atoms with van der Waals surface area (Å²) in [6.07, 6.45) is 3.78. The van der Waals surface area contributed by atoms with Crippen molar-refractivity contribution in [1.82, 2.24) is 9.80 Å². The van der Waals surface area contributed by atoms with Crippen LogP contribution in [0.4, 0.5) is 0 Å². The molecule has 16 heavy (non-hydrogen) atoms. The second-order valence-corrected chi connectivity index (χ2v) is 5.35. The zero-order chi connectivity index (χ0) is 11.7. The van der Waals surface area contributed by atoms with E-state index in [9.17, 15) is 4.79 Å². The molecule has 2 fully saturated rings. The largest absolute Gasteiger partial charge is 0.393 e. The van der Waals surface area contributed by atoms with Crippen molar-refractivity contribution in [2.75, 3.05) is 20.1 Å².